The van der Waals surface area contributed by atoms with E-state index >= 15 is 0 Å². The first-order valence-electron chi connectivity index (χ1n) is 11.6. The van der Waals surface area contributed by atoms with E-state index in [4.69, 9.17) is 4.74 Å². The average molecular weight is 486 g/mol. The number of rotatable bonds is 6. The van der Waals surface area contributed by atoms with E-state index < -0.39 is 6.09 Å². The molecule has 178 valence electrons. The SMILES string of the molecule is Cc1ccccc1-c1ncc(C[C@@H](C)NC(=O)OCC2c3ccccc3-c3ccccc32)cn1.Cl. The third kappa shape index (κ3) is 5.20. The second-order valence-electron chi connectivity index (χ2n) is 8.80. The van der Waals surface area contributed by atoms with Gasteiger partial charge in [0, 0.05) is 29.9 Å². The molecule has 0 radical (unpaired) electrons. The molecule has 1 N–H and O–H groups in total. The van der Waals surface area contributed by atoms with Gasteiger partial charge in [0.2, 0.25) is 0 Å². The number of halogens is 1. The van der Waals surface area contributed by atoms with Gasteiger partial charge in [-0.25, -0.2) is 14.8 Å². The van der Waals surface area contributed by atoms with Crippen molar-refractivity contribution in [3.63, 3.8) is 0 Å². The number of nitrogens with one attached hydrogen (secondary N) is 1. The number of hydrogen-bond acceptors (Lipinski definition) is 4. The highest BCUT2D eigenvalue weighted by Gasteiger charge is 2.29. The predicted molar refractivity (Wildman–Crippen MR) is 141 cm³/mol. The Morgan fingerprint density at radius 1 is 0.886 bits per heavy atom. The molecular weight excluding hydrogens is 458 g/mol. The van der Waals surface area contributed by atoms with Crippen molar-refractivity contribution in [3.05, 3.63) is 107 Å². The first-order chi connectivity index (χ1) is 16.6. The molecule has 0 unspecified atom stereocenters. The Hall–Kier alpha value is -3.70. The molecule has 0 saturated carbocycles. The van der Waals surface area contributed by atoms with Crippen molar-refractivity contribution in [1.82, 2.24) is 15.3 Å². The molecule has 1 aliphatic rings. The quantitative estimate of drug-likeness (QED) is 0.346. The molecule has 0 bridgehead atoms. The predicted octanol–water partition coefficient (Wildman–Crippen LogP) is 6.34. The van der Waals surface area contributed by atoms with Gasteiger partial charge in [0.25, 0.3) is 0 Å². The maximum absolute atomic E-state index is 12.5. The highest BCUT2D eigenvalue weighted by Crippen LogP contribution is 2.44. The minimum atomic E-state index is -0.410. The molecule has 1 heterocycles. The summed E-state index contributed by atoms with van der Waals surface area (Å²) in [6, 6.07) is 24.6. The molecule has 1 aliphatic carbocycles. The fraction of sp³-hybridized carbons (Fsp3) is 0.207. The monoisotopic (exact) mass is 485 g/mol. The number of ether oxygens (including phenoxy) is 1. The van der Waals surface area contributed by atoms with E-state index in [1.165, 1.54) is 22.3 Å². The summed E-state index contributed by atoms with van der Waals surface area (Å²) in [5.74, 6) is 0.759. The molecule has 35 heavy (non-hydrogen) atoms. The van der Waals surface area contributed by atoms with Gasteiger partial charge in [-0.1, -0.05) is 72.8 Å². The van der Waals surface area contributed by atoms with Crippen LogP contribution in [0.1, 0.15) is 35.1 Å². The first-order valence-corrected chi connectivity index (χ1v) is 11.6. The molecule has 5 nitrogen and oxygen atoms in total. The summed E-state index contributed by atoms with van der Waals surface area (Å²) in [7, 11) is 0. The van der Waals surface area contributed by atoms with Gasteiger partial charge in [-0.15, -0.1) is 12.4 Å². The molecular formula is C29H28ClN3O2. The second-order valence-corrected chi connectivity index (χ2v) is 8.80. The van der Waals surface area contributed by atoms with Gasteiger partial charge in [0.1, 0.15) is 6.61 Å². The number of fused-ring (bicyclic) bond motifs is 3. The molecule has 4 aromatic rings. The number of nitrogens with zero attached hydrogens (tertiary/aromatic N) is 2. The first kappa shape index (κ1) is 24.4. The molecule has 1 aromatic heterocycles. The number of carbonyl (C=O) groups is 1. The number of benzene rings is 3. The summed E-state index contributed by atoms with van der Waals surface area (Å²) in [5.41, 5.74) is 7.97. The van der Waals surface area contributed by atoms with Crippen molar-refractivity contribution in [3.8, 4) is 22.5 Å². The Morgan fingerprint density at radius 2 is 1.43 bits per heavy atom. The van der Waals surface area contributed by atoms with Gasteiger partial charge in [0.05, 0.1) is 0 Å². The zero-order valence-electron chi connectivity index (χ0n) is 19.8. The van der Waals surface area contributed by atoms with Crippen molar-refractivity contribution in [2.45, 2.75) is 32.2 Å². The lowest BCUT2D eigenvalue weighted by Crippen LogP contribution is -2.35. The van der Waals surface area contributed by atoms with Crippen LogP contribution in [0.2, 0.25) is 0 Å². The van der Waals surface area contributed by atoms with Crippen LogP contribution < -0.4 is 5.32 Å². The van der Waals surface area contributed by atoms with Gasteiger partial charge in [-0.05, 0) is 53.6 Å². The van der Waals surface area contributed by atoms with Crippen LogP contribution in [-0.4, -0.2) is 28.7 Å². The van der Waals surface area contributed by atoms with E-state index in [-0.39, 0.29) is 24.4 Å². The normalized spacial score (nSPS) is 12.7. The van der Waals surface area contributed by atoms with E-state index in [2.05, 4.69) is 39.6 Å². The number of aromatic nitrogens is 2. The number of carbonyl (C=O) groups excluding carboxylic acids is 1. The molecule has 0 fully saturated rings. The summed E-state index contributed by atoms with van der Waals surface area (Å²) in [6.07, 6.45) is 3.86. The van der Waals surface area contributed by atoms with Gasteiger partial charge >= 0.3 is 6.09 Å². The Bertz CT molecular complexity index is 1280. The Kier molecular flexibility index (Phi) is 7.47. The second kappa shape index (κ2) is 10.7. The van der Waals surface area contributed by atoms with Crippen molar-refractivity contribution in [2.75, 3.05) is 6.61 Å². The zero-order chi connectivity index (χ0) is 23.5. The molecule has 3 aromatic carbocycles. The lowest BCUT2D eigenvalue weighted by molar-refractivity contribution is 0.139. The molecule has 0 spiro atoms. The van der Waals surface area contributed by atoms with E-state index in [1.54, 1.807) is 0 Å². The highest BCUT2D eigenvalue weighted by atomic mass is 35.5. The lowest BCUT2D eigenvalue weighted by atomic mass is 9.98. The van der Waals surface area contributed by atoms with Crippen LogP contribution in [0.15, 0.2) is 85.2 Å². The van der Waals surface area contributed by atoms with Crippen LogP contribution >= 0.6 is 12.4 Å². The molecule has 1 atom stereocenters. The Balaban J connectivity index is 0.00000289. The smallest absolute Gasteiger partial charge is 0.407 e. The van der Waals surface area contributed by atoms with Crippen LogP contribution in [0, 0.1) is 6.92 Å². The largest absolute Gasteiger partial charge is 0.449 e. The molecule has 0 saturated heterocycles. The average Bonchev–Trinajstić information content (AvgIpc) is 3.17. The third-order valence-corrected chi connectivity index (χ3v) is 6.34. The van der Waals surface area contributed by atoms with Crippen LogP contribution in [0.4, 0.5) is 4.79 Å². The van der Waals surface area contributed by atoms with Crippen LogP contribution in [-0.2, 0) is 11.2 Å². The van der Waals surface area contributed by atoms with Crippen molar-refractivity contribution >= 4 is 18.5 Å². The summed E-state index contributed by atoms with van der Waals surface area (Å²) < 4.78 is 5.66. The fourth-order valence-electron chi connectivity index (χ4n) is 4.67. The van der Waals surface area contributed by atoms with Crippen molar-refractivity contribution < 1.29 is 9.53 Å². The molecule has 6 heteroatoms. The molecule has 1 amide bonds. The van der Waals surface area contributed by atoms with Crippen LogP contribution in [0.25, 0.3) is 22.5 Å². The Labute approximate surface area is 212 Å². The topological polar surface area (TPSA) is 64.1 Å². The summed E-state index contributed by atoms with van der Waals surface area (Å²) in [4.78, 5) is 21.6. The Morgan fingerprint density at radius 3 is 2.03 bits per heavy atom. The summed E-state index contributed by atoms with van der Waals surface area (Å²) in [6.45, 7) is 4.31. The van der Waals surface area contributed by atoms with E-state index in [9.17, 15) is 4.79 Å². The van der Waals surface area contributed by atoms with E-state index in [0.717, 1.165) is 16.7 Å². The maximum Gasteiger partial charge on any atom is 0.407 e. The van der Waals surface area contributed by atoms with Crippen molar-refractivity contribution in [2.24, 2.45) is 0 Å². The van der Waals surface area contributed by atoms with E-state index in [1.807, 2.05) is 74.8 Å². The summed E-state index contributed by atoms with van der Waals surface area (Å²) in [5, 5.41) is 2.94. The van der Waals surface area contributed by atoms with Crippen LogP contribution in [0.3, 0.4) is 0 Å². The number of alkyl carbamates (subject to hydrolysis) is 1. The van der Waals surface area contributed by atoms with Gasteiger partial charge in [-0.2, -0.15) is 0 Å². The zero-order valence-corrected chi connectivity index (χ0v) is 20.6. The van der Waals surface area contributed by atoms with Gasteiger partial charge in [0.15, 0.2) is 5.82 Å². The fourth-order valence-corrected chi connectivity index (χ4v) is 4.67. The minimum Gasteiger partial charge on any atom is -0.449 e. The standard InChI is InChI=1S/C29H27N3O2.ClH/c1-19-9-3-4-10-22(19)28-30-16-21(17-31-28)15-20(2)32-29(33)34-18-27-25-13-7-5-11-23(25)24-12-6-8-14-26(24)27;/h3-14,16-17,20,27H,15,18H2,1-2H3,(H,32,33);1H/t20-;/m1./s1. The van der Waals surface area contributed by atoms with Crippen molar-refractivity contribution in [1.29, 1.82) is 0 Å². The molecule has 5 rings (SSSR count). The van der Waals surface area contributed by atoms with Gasteiger partial charge < -0.3 is 10.1 Å². The third-order valence-electron chi connectivity index (χ3n) is 6.34. The van der Waals surface area contributed by atoms with Crippen LogP contribution in [0.5, 0.6) is 0 Å². The number of amides is 1. The summed E-state index contributed by atoms with van der Waals surface area (Å²) >= 11 is 0. The van der Waals surface area contributed by atoms with E-state index in [0.29, 0.717) is 18.9 Å². The number of aryl methyl sites for hydroxylation is 1. The highest BCUT2D eigenvalue weighted by molar-refractivity contribution is 5.85. The van der Waals surface area contributed by atoms with Gasteiger partial charge in [-0.3, -0.25) is 0 Å². The lowest BCUT2D eigenvalue weighted by Gasteiger charge is -2.17. The maximum atomic E-state index is 12.5. The number of hydrogen-bond donors (Lipinski definition) is 1. The minimum absolute atomic E-state index is 0. The molecule has 0 aliphatic heterocycles.